The summed E-state index contributed by atoms with van der Waals surface area (Å²) in [6, 6.07) is 13.8. The molecule has 3 heterocycles. The van der Waals surface area contributed by atoms with Crippen molar-refractivity contribution in [3.63, 3.8) is 0 Å². The van der Waals surface area contributed by atoms with Gasteiger partial charge in [0.25, 0.3) is 0 Å². The molecule has 6 nitrogen and oxygen atoms in total. The van der Waals surface area contributed by atoms with Gasteiger partial charge in [0.15, 0.2) is 11.6 Å². The van der Waals surface area contributed by atoms with E-state index >= 15 is 0 Å². The van der Waals surface area contributed by atoms with Gasteiger partial charge in [-0.2, -0.15) is 0 Å². The molecule has 0 saturated heterocycles. The molecule has 0 saturated carbocycles. The van der Waals surface area contributed by atoms with Crippen LogP contribution < -0.4 is 0 Å². The van der Waals surface area contributed by atoms with Crippen molar-refractivity contribution in [1.82, 2.24) is 20.3 Å². The quantitative estimate of drug-likeness (QED) is 0.512. The third-order valence-electron chi connectivity index (χ3n) is 3.77. The first-order valence-electron chi connectivity index (χ1n) is 7.96. The van der Waals surface area contributed by atoms with E-state index in [0.717, 1.165) is 23.5 Å². The highest BCUT2D eigenvalue weighted by Gasteiger charge is 2.11. The summed E-state index contributed by atoms with van der Waals surface area (Å²) in [5.41, 5.74) is 3.14. The molecule has 4 aromatic rings. The molecular weight excluding hydrogens is 336 g/mol. The first kappa shape index (κ1) is 15.7. The predicted molar refractivity (Wildman–Crippen MR) is 95.0 cm³/mol. The van der Waals surface area contributed by atoms with Gasteiger partial charge in [0.1, 0.15) is 0 Å². The lowest BCUT2D eigenvalue weighted by atomic mass is 10.1. The van der Waals surface area contributed by atoms with Crippen LogP contribution in [0.3, 0.4) is 0 Å². The molecule has 0 aliphatic rings. The molecule has 7 heteroatoms. The van der Waals surface area contributed by atoms with E-state index in [9.17, 15) is 0 Å². The highest BCUT2D eigenvalue weighted by molar-refractivity contribution is 7.98. The number of hydrogen-bond acceptors (Lipinski definition) is 6. The smallest absolute Gasteiger partial charge is 0.209 e. The Morgan fingerprint density at radius 1 is 1.12 bits per heavy atom. The van der Waals surface area contributed by atoms with Crippen molar-refractivity contribution in [2.45, 2.75) is 24.3 Å². The Morgan fingerprint density at radius 3 is 2.76 bits per heavy atom. The van der Waals surface area contributed by atoms with Crippen molar-refractivity contribution in [2.75, 3.05) is 0 Å². The van der Waals surface area contributed by atoms with Gasteiger partial charge in [-0.3, -0.25) is 5.10 Å². The van der Waals surface area contributed by atoms with Gasteiger partial charge in [0.2, 0.25) is 10.9 Å². The Labute approximate surface area is 148 Å². The Balaban J connectivity index is 1.41. The summed E-state index contributed by atoms with van der Waals surface area (Å²) in [7, 11) is 0. The molecule has 1 N–H and O–H groups in total. The number of aryl methyl sites for hydroxylation is 1. The zero-order valence-corrected chi connectivity index (χ0v) is 14.4. The lowest BCUT2D eigenvalue weighted by Gasteiger charge is -1.98. The molecule has 4 rings (SSSR count). The number of furan rings is 1. The van der Waals surface area contributed by atoms with Crippen molar-refractivity contribution in [3.8, 4) is 22.9 Å². The van der Waals surface area contributed by atoms with Crippen molar-refractivity contribution < 1.29 is 8.94 Å². The number of H-pyrrole nitrogens is 1. The molecule has 0 aliphatic heterocycles. The molecule has 0 aliphatic carbocycles. The second kappa shape index (κ2) is 6.98. The Kier molecular flexibility index (Phi) is 4.39. The summed E-state index contributed by atoms with van der Waals surface area (Å²) in [4.78, 5) is 4.53. The summed E-state index contributed by atoms with van der Waals surface area (Å²) >= 11 is 1.50. The molecule has 25 heavy (non-hydrogen) atoms. The normalized spacial score (nSPS) is 11.1. The molecule has 126 valence electrons. The second-order valence-corrected chi connectivity index (χ2v) is 6.41. The molecule has 0 bridgehead atoms. The molecular formula is C18H16N4O2S. The summed E-state index contributed by atoms with van der Waals surface area (Å²) < 4.78 is 10.6. The van der Waals surface area contributed by atoms with Crippen molar-refractivity contribution >= 4 is 11.8 Å². The van der Waals surface area contributed by atoms with Crippen LogP contribution in [-0.2, 0) is 12.2 Å². The fraction of sp³-hybridized carbons (Fsp3) is 0.167. The molecule has 0 radical (unpaired) electrons. The number of aromatic nitrogens is 4. The number of aromatic amines is 1. The minimum Gasteiger partial charge on any atom is -0.461 e. The van der Waals surface area contributed by atoms with Crippen LogP contribution in [0.2, 0.25) is 0 Å². The molecule has 3 aromatic heterocycles. The highest BCUT2D eigenvalue weighted by Crippen LogP contribution is 2.25. The fourth-order valence-corrected chi connectivity index (χ4v) is 3.07. The second-order valence-electron chi connectivity index (χ2n) is 5.47. The van der Waals surface area contributed by atoms with Gasteiger partial charge in [0, 0.05) is 17.4 Å². The van der Waals surface area contributed by atoms with E-state index in [-0.39, 0.29) is 0 Å². The molecule has 1 aromatic carbocycles. The highest BCUT2D eigenvalue weighted by atomic mass is 32.2. The van der Waals surface area contributed by atoms with Gasteiger partial charge < -0.3 is 8.94 Å². The van der Waals surface area contributed by atoms with Crippen LogP contribution in [0.15, 0.2) is 62.8 Å². The zero-order chi connectivity index (χ0) is 17.1. The third kappa shape index (κ3) is 3.51. The SMILES string of the molecule is CCc1ccc(-c2nc(SCc3cc(-c4ccco4)on3)n[nH]2)cc1. The number of nitrogens with zero attached hydrogens (tertiary/aromatic N) is 3. The Bertz CT molecular complexity index is 942. The fourth-order valence-electron chi connectivity index (χ4n) is 2.39. The van der Waals surface area contributed by atoms with E-state index in [4.69, 9.17) is 8.94 Å². The summed E-state index contributed by atoms with van der Waals surface area (Å²) in [5, 5.41) is 12.0. The largest absolute Gasteiger partial charge is 0.461 e. The van der Waals surface area contributed by atoms with E-state index in [1.165, 1.54) is 17.3 Å². The van der Waals surface area contributed by atoms with Crippen molar-refractivity contribution in [3.05, 3.63) is 60.0 Å². The van der Waals surface area contributed by atoms with E-state index in [2.05, 4.69) is 51.5 Å². The molecule has 0 atom stereocenters. The van der Waals surface area contributed by atoms with E-state index in [1.54, 1.807) is 6.26 Å². The number of thioether (sulfide) groups is 1. The van der Waals surface area contributed by atoms with Crippen LogP contribution in [0.25, 0.3) is 22.9 Å². The first-order valence-corrected chi connectivity index (χ1v) is 8.94. The Hall–Kier alpha value is -2.80. The minimum atomic E-state index is 0.618. The minimum absolute atomic E-state index is 0.618. The van der Waals surface area contributed by atoms with Gasteiger partial charge >= 0.3 is 0 Å². The predicted octanol–water partition coefficient (Wildman–Crippen LogP) is 4.57. The molecule has 0 fully saturated rings. The van der Waals surface area contributed by atoms with Crippen molar-refractivity contribution in [1.29, 1.82) is 0 Å². The maximum atomic E-state index is 5.29. The molecule has 0 unspecified atom stereocenters. The average Bonchev–Trinajstić information content (AvgIpc) is 3.41. The van der Waals surface area contributed by atoms with Crippen molar-refractivity contribution in [2.24, 2.45) is 0 Å². The first-order chi connectivity index (χ1) is 12.3. The Morgan fingerprint density at radius 2 is 2.00 bits per heavy atom. The standard InChI is InChI=1S/C18H16N4O2S/c1-2-12-5-7-13(8-6-12)17-19-18(21-20-17)25-11-14-10-16(24-22-14)15-4-3-9-23-15/h3-10H,2,11H2,1H3,(H,19,20,21). The van der Waals surface area contributed by atoms with Gasteiger partial charge in [0.05, 0.1) is 12.0 Å². The maximum absolute atomic E-state index is 5.29. The number of nitrogens with one attached hydrogen (secondary N) is 1. The summed E-state index contributed by atoms with van der Waals surface area (Å²) in [5.74, 6) is 2.67. The van der Waals surface area contributed by atoms with Gasteiger partial charge in [-0.25, -0.2) is 4.98 Å². The molecule has 0 amide bonds. The number of benzene rings is 1. The monoisotopic (exact) mass is 352 g/mol. The zero-order valence-electron chi connectivity index (χ0n) is 13.6. The van der Waals surface area contributed by atoms with E-state index < -0.39 is 0 Å². The van der Waals surface area contributed by atoms with E-state index in [0.29, 0.717) is 22.4 Å². The van der Waals surface area contributed by atoms with Crippen LogP contribution in [-0.4, -0.2) is 20.3 Å². The summed E-state index contributed by atoms with van der Waals surface area (Å²) in [6.07, 6.45) is 2.63. The van der Waals surface area contributed by atoms with Crippen LogP contribution >= 0.6 is 11.8 Å². The summed E-state index contributed by atoms with van der Waals surface area (Å²) in [6.45, 7) is 2.14. The van der Waals surface area contributed by atoms with Gasteiger partial charge in [-0.05, 0) is 24.1 Å². The van der Waals surface area contributed by atoms with Gasteiger partial charge in [-0.15, -0.1) is 5.10 Å². The van der Waals surface area contributed by atoms with E-state index in [1.807, 2.05) is 18.2 Å². The number of rotatable bonds is 6. The molecule has 0 spiro atoms. The maximum Gasteiger partial charge on any atom is 0.209 e. The number of hydrogen-bond donors (Lipinski definition) is 1. The third-order valence-corrected chi connectivity index (χ3v) is 4.65. The van der Waals surface area contributed by atoms with Crippen LogP contribution in [0.4, 0.5) is 0 Å². The van der Waals surface area contributed by atoms with Crippen LogP contribution in [0.1, 0.15) is 18.2 Å². The average molecular weight is 352 g/mol. The lowest BCUT2D eigenvalue weighted by molar-refractivity contribution is 0.413. The topological polar surface area (TPSA) is 80.7 Å². The lowest BCUT2D eigenvalue weighted by Crippen LogP contribution is -1.83. The van der Waals surface area contributed by atoms with Crippen LogP contribution in [0, 0.1) is 0 Å². The van der Waals surface area contributed by atoms with Crippen LogP contribution in [0.5, 0.6) is 0 Å². The van der Waals surface area contributed by atoms with Gasteiger partial charge in [-0.1, -0.05) is 48.1 Å².